The fraction of sp³-hybridized carbons (Fsp3) is 0.625. The van der Waals surface area contributed by atoms with E-state index in [1.807, 2.05) is 6.08 Å². The molecule has 0 radical (unpaired) electrons. The lowest BCUT2D eigenvalue weighted by molar-refractivity contribution is 0.321. The monoisotopic (exact) mass is 220 g/mol. The van der Waals surface area contributed by atoms with E-state index in [0.29, 0.717) is 5.41 Å². The van der Waals surface area contributed by atoms with Crippen molar-refractivity contribution in [3.63, 3.8) is 0 Å². The molecule has 0 rings (SSSR count). The maximum absolute atomic E-state index is 4.14. The molecule has 0 unspecified atom stereocenters. The van der Waals surface area contributed by atoms with E-state index in [2.05, 4.69) is 46.9 Å². The van der Waals surface area contributed by atoms with E-state index in [1.165, 1.54) is 30.4 Å². The molecule has 0 aliphatic heterocycles. The van der Waals surface area contributed by atoms with E-state index in [1.54, 1.807) is 0 Å². The summed E-state index contributed by atoms with van der Waals surface area (Å²) in [5.41, 5.74) is 3.01. The van der Waals surface area contributed by atoms with Gasteiger partial charge in [-0.15, -0.1) is 0 Å². The van der Waals surface area contributed by atoms with Crippen molar-refractivity contribution in [1.82, 2.24) is 0 Å². The zero-order valence-electron chi connectivity index (χ0n) is 11.6. The van der Waals surface area contributed by atoms with Crippen LogP contribution in [0.2, 0.25) is 0 Å². The summed E-state index contributed by atoms with van der Waals surface area (Å²) in [5.74, 6) is 0. The summed E-state index contributed by atoms with van der Waals surface area (Å²) in [5, 5.41) is 0. The Bertz CT molecular complexity index is 253. The SMILES string of the molecule is C=C/C=C(/CC(C)(C)CCCC)C(=C)CC. The number of hydrogen-bond acceptors (Lipinski definition) is 0. The number of hydrogen-bond donors (Lipinski definition) is 0. The maximum Gasteiger partial charge on any atom is -0.0225 e. The Hall–Kier alpha value is -0.780. The summed E-state index contributed by atoms with van der Waals surface area (Å²) in [7, 11) is 0. The quantitative estimate of drug-likeness (QED) is 0.462. The average molecular weight is 220 g/mol. The molecule has 0 saturated heterocycles. The van der Waals surface area contributed by atoms with Gasteiger partial charge in [0, 0.05) is 0 Å². The van der Waals surface area contributed by atoms with Crippen molar-refractivity contribution in [2.45, 2.75) is 59.8 Å². The Balaban J connectivity index is 4.56. The fourth-order valence-electron chi connectivity index (χ4n) is 1.93. The van der Waals surface area contributed by atoms with E-state index in [0.717, 1.165) is 12.8 Å². The van der Waals surface area contributed by atoms with Gasteiger partial charge in [-0.3, -0.25) is 0 Å². The lowest BCUT2D eigenvalue weighted by Crippen LogP contribution is -2.13. The summed E-state index contributed by atoms with van der Waals surface area (Å²) >= 11 is 0. The maximum atomic E-state index is 4.14. The van der Waals surface area contributed by atoms with Crippen LogP contribution in [0.15, 0.2) is 36.5 Å². The minimum atomic E-state index is 0.378. The molecule has 0 saturated carbocycles. The van der Waals surface area contributed by atoms with Crippen molar-refractivity contribution in [2.75, 3.05) is 0 Å². The normalized spacial score (nSPS) is 12.6. The van der Waals surface area contributed by atoms with E-state index in [9.17, 15) is 0 Å². The molecule has 0 fully saturated rings. The molecular weight excluding hydrogens is 192 g/mol. The molecule has 0 aromatic carbocycles. The van der Waals surface area contributed by atoms with Gasteiger partial charge < -0.3 is 0 Å². The lowest BCUT2D eigenvalue weighted by atomic mass is 9.79. The van der Waals surface area contributed by atoms with Gasteiger partial charge in [-0.25, -0.2) is 0 Å². The van der Waals surface area contributed by atoms with Crippen LogP contribution in [0, 0.1) is 5.41 Å². The topological polar surface area (TPSA) is 0 Å². The average Bonchev–Trinajstić information content (AvgIpc) is 2.24. The number of rotatable bonds is 8. The summed E-state index contributed by atoms with van der Waals surface area (Å²) in [6.07, 6.45) is 10.0. The molecule has 0 spiro atoms. The first-order chi connectivity index (χ1) is 7.46. The van der Waals surface area contributed by atoms with E-state index in [4.69, 9.17) is 0 Å². The number of unbranched alkanes of at least 4 members (excludes halogenated alkanes) is 1. The molecule has 0 bridgehead atoms. The molecule has 0 aliphatic carbocycles. The Kier molecular flexibility index (Phi) is 7.12. The van der Waals surface area contributed by atoms with E-state index < -0.39 is 0 Å². The highest BCUT2D eigenvalue weighted by Crippen LogP contribution is 2.33. The molecule has 16 heavy (non-hydrogen) atoms. The minimum absolute atomic E-state index is 0.378. The zero-order chi connectivity index (χ0) is 12.6. The van der Waals surface area contributed by atoms with Crippen LogP contribution in [0.3, 0.4) is 0 Å². The molecule has 0 N–H and O–H groups in total. The van der Waals surface area contributed by atoms with Gasteiger partial charge in [-0.05, 0) is 30.3 Å². The molecule has 0 aliphatic rings. The van der Waals surface area contributed by atoms with Crippen molar-refractivity contribution < 1.29 is 0 Å². The molecule has 92 valence electrons. The molecule has 0 amide bonds. The van der Waals surface area contributed by atoms with Crippen LogP contribution < -0.4 is 0 Å². The molecule has 0 aromatic heterocycles. The van der Waals surface area contributed by atoms with Gasteiger partial charge in [0.25, 0.3) is 0 Å². The predicted molar refractivity (Wildman–Crippen MR) is 75.6 cm³/mol. The molecular formula is C16H28. The first-order valence-corrected chi connectivity index (χ1v) is 6.46. The van der Waals surface area contributed by atoms with E-state index >= 15 is 0 Å². The van der Waals surface area contributed by atoms with Gasteiger partial charge >= 0.3 is 0 Å². The second kappa shape index (κ2) is 7.49. The van der Waals surface area contributed by atoms with Crippen LogP contribution in [0.25, 0.3) is 0 Å². The van der Waals surface area contributed by atoms with Gasteiger partial charge in [-0.1, -0.05) is 71.4 Å². The smallest absolute Gasteiger partial charge is 0.0225 e. The first-order valence-electron chi connectivity index (χ1n) is 6.46. The standard InChI is InChI=1S/C16H28/c1-7-10-12-16(5,6)13-15(11-8-2)14(4)9-3/h8,11H,2,4,7,9-10,12-13H2,1,3,5-6H3/b15-11-. The molecule has 0 atom stereocenters. The first kappa shape index (κ1) is 15.2. The van der Waals surface area contributed by atoms with Crippen molar-refractivity contribution in [3.05, 3.63) is 36.5 Å². The minimum Gasteiger partial charge on any atom is -0.0991 e. The van der Waals surface area contributed by atoms with Crippen molar-refractivity contribution in [2.24, 2.45) is 5.41 Å². The fourth-order valence-corrected chi connectivity index (χ4v) is 1.93. The highest BCUT2D eigenvalue weighted by molar-refractivity contribution is 5.31. The molecule has 0 nitrogen and oxygen atoms in total. The van der Waals surface area contributed by atoms with Crippen molar-refractivity contribution >= 4 is 0 Å². The third kappa shape index (κ3) is 5.95. The van der Waals surface area contributed by atoms with Gasteiger partial charge in [0.1, 0.15) is 0 Å². The van der Waals surface area contributed by atoms with Crippen molar-refractivity contribution in [3.8, 4) is 0 Å². The van der Waals surface area contributed by atoms with E-state index in [-0.39, 0.29) is 0 Å². The Morgan fingerprint density at radius 2 is 1.88 bits per heavy atom. The molecule has 0 heterocycles. The summed E-state index contributed by atoms with van der Waals surface area (Å²) in [6, 6.07) is 0. The van der Waals surface area contributed by atoms with Gasteiger partial charge in [-0.2, -0.15) is 0 Å². The third-order valence-corrected chi connectivity index (χ3v) is 3.08. The second-order valence-corrected chi connectivity index (χ2v) is 5.33. The van der Waals surface area contributed by atoms with Crippen molar-refractivity contribution in [1.29, 1.82) is 0 Å². The van der Waals surface area contributed by atoms with Crippen LogP contribution in [0.5, 0.6) is 0 Å². The van der Waals surface area contributed by atoms with Crippen LogP contribution in [0.4, 0.5) is 0 Å². The Morgan fingerprint density at radius 3 is 2.31 bits per heavy atom. The highest BCUT2D eigenvalue weighted by atomic mass is 14.2. The molecule has 0 heteroatoms. The third-order valence-electron chi connectivity index (χ3n) is 3.08. The molecule has 0 aromatic rings. The van der Waals surface area contributed by atoms with Gasteiger partial charge in [0.2, 0.25) is 0 Å². The van der Waals surface area contributed by atoms with Crippen LogP contribution in [-0.2, 0) is 0 Å². The van der Waals surface area contributed by atoms with Gasteiger partial charge in [0.15, 0.2) is 0 Å². The zero-order valence-corrected chi connectivity index (χ0v) is 11.6. The lowest BCUT2D eigenvalue weighted by Gasteiger charge is -2.26. The van der Waals surface area contributed by atoms with Crippen LogP contribution >= 0.6 is 0 Å². The summed E-state index contributed by atoms with van der Waals surface area (Å²) in [6.45, 7) is 17.0. The predicted octanol–water partition coefficient (Wildman–Crippen LogP) is 5.67. The summed E-state index contributed by atoms with van der Waals surface area (Å²) in [4.78, 5) is 0. The largest absolute Gasteiger partial charge is 0.0991 e. The highest BCUT2D eigenvalue weighted by Gasteiger charge is 2.19. The Labute approximate surface area is 102 Å². The number of allylic oxidation sites excluding steroid dienone is 4. The van der Waals surface area contributed by atoms with Crippen LogP contribution in [0.1, 0.15) is 59.8 Å². The van der Waals surface area contributed by atoms with Crippen LogP contribution in [-0.4, -0.2) is 0 Å². The Morgan fingerprint density at radius 1 is 1.25 bits per heavy atom. The second-order valence-electron chi connectivity index (χ2n) is 5.33. The van der Waals surface area contributed by atoms with Gasteiger partial charge in [0.05, 0.1) is 0 Å². The summed E-state index contributed by atoms with van der Waals surface area (Å²) < 4.78 is 0.